The molecule has 0 aromatic carbocycles. The van der Waals surface area contributed by atoms with Crippen molar-refractivity contribution < 1.29 is 14.3 Å². The van der Waals surface area contributed by atoms with E-state index in [1.807, 2.05) is 12.1 Å². The topological polar surface area (TPSA) is 71.9 Å². The molecule has 0 spiro atoms. The second-order valence-corrected chi connectivity index (χ2v) is 7.83. The average molecular weight is 390 g/mol. The summed E-state index contributed by atoms with van der Waals surface area (Å²) in [5.74, 6) is -0.666. The highest BCUT2D eigenvalue weighted by Crippen LogP contribution is 2.32. The van der Waals surface area contributed by atoms with E-state index in [-0.39, 0.29) is 5.91 Å². The molecule has 0 fully saturated rings. The maximum atomic E-state index is 12.8. The van der Waals surface area contributed by atoms with Gasteiger partial charge < -0.3 is 4.74 Å². The van der Waals surface area contributed by atoms with E-state index in [1.54, 1.807) is 32.1 Å². The Bertz CT molecular complexity index is 924. The summed E-state index contributed by atoms with van der Waals surface area (Å²) in [4.78, 5) is 31.8. The van der Waals surface area contributed by atoms with E-state index < -0.39 is 5.97 Å². The van der Waals surface area contributed by atoms with Crippen LogP contribution >= 0.6 is 22.7 Å². The van der Waals surface area contributed by atoms with Crippen molar-refractivity contribution in [3.8, 4) is 0 Å². The van der Waals surface area contributed by atoms with Crippen molar-refractivity contribution in [1.82, 2.24) is 4.98 Å². The Kier molecular flexibility index (Phi) is 5.33. The molecule has 3 heterocycles. The lowest BCUT2D eigenvalue weighted by molar-refractivity contribution is -0.114. The molecule has 2 aromatic rings. The number of amides is 1. The predicted octanol–water partition coefficient (Wildman–Crippen LogP) is 4.06. The Hall–Kier alpha value is -2.32. The van der Waals surface area contributed by atoms with Crippen LogP contribution in [0.25, 0.3) is 6.08 Å². The van der Waals surface area contributed by atoms with E-state index in [0.29, 0.717) is 33.6 Å². The number of thiophene rings is 1. The van der Waals surface area contributed by atoms with Crippen LogP contribution in [-0.2, 0) is 16.0 Å². The van der Waals surface area contributed by atoms with Gasteiger partial charge in [0.25, 0.3) is 5.91 Å². The zero-order chi connectivity index (χ0) is 18.8. The summed E-state index contributed by atoms with van der Waals surface area (Å²) in [5.41, 5.74) is 1.71. The molecule has 0 saturated heterocycles. The third-order valence-electron chi connectivity index (χ3n) is 3.81. The van der Waals surface area contributed by atoms with Crippen molar-refractivity contribution in [2.75, 3.05) is 11.6 Å². The van der Waals surface area contributed by atoms with Gasteiger partial charge in [0.05, 0.1) is 23.6 Å². The molecule has 0 saturated carbocycles. The Balaban J connectivity index is 1.88. The molecule has 0 radical (unpaired) electrons. The van der Waals surface area contributed by atoms with Crippen molar-refractivity contribution in [2.24, 2.45) is 5.10 Å². The number of hydrazone groups is 1. The van der Waals surface area contributed by atoms with Crippen LogP contribution in [0.4, 0.5) is 5.13 Å². The number of thiazole rings is 1. The van der Waals surface area contributed by atoms with Crippen LogP contribution in [0.1, 0.15) is 45.9 Å². The van der Waals surface area contributed by atoms with Gasteiger partial charge in [0.15, 0.2) is 0 Å². The molecule has 0 bridgehead atoms. The largest absolute Gasteiger partial charge is 0.462 e. The van der Waals surface area contributed by atoms with Crippen molar-refractivity contribution in [2.45, 2.75) is 34.1 Å². The van der Waals surface area contributed by atoms with Crippen molar-refractivity contribution in [3.05, 3.63) is 38.0 Å². The number of aromatic nitrogens is 1. The van der Waals surface area contributed by atoms with Gasteiger partial charge in [-0.3, -0.25) is 4.79 Å². The van der Waals surface area contributed by atoms with Crippen LogP contribution in [0, 0.1) is 6.92 Å². The number of carbonyl (C=O) groups is 2. The summed E-state index contributed by atoms with van der Waals surface area (Å²) in [6.07, 6.45) is 2.83. The lowest BCUT2D eigenvalue weighted by atomic mass is 10.1. The van der Waals surface area contributed by atoms with Crippen LogP contribution in [0.15, 0.2) is 22.8 Å². The van der Waals surface area contributed by atoms with Crippen LogP contribution in [0.5, 0.6) is 0 Å². The fourth-order valence-corrected chi connectivity index (χ4v) is 4.28. The third-order valence-corrected chi connectivity index (χ3v) is 6.10. The van der Waals surface area contributed by atoms with Crippen molar-refractivity contribution in [1.29, 1.82) is 0 Å². The minimum absolute atomic E-state index is 0.238. The molecule has 1 aliphatic heterocycles. The minimum Gasteiger partial charge on any atom is -0.462 e. The second kappa shape index (κ2) is 7.51. The van der Waals surface area contributed by atoms with Crippen LogP contribution in [0.2, 0.25) is 0 Å². The molecular formula is C18H19N3O3S2. The summed E-state index contributed by atoms with van der Waals surface area (Å²) >= 11 is 2.77. The predicted molar refractivity (Wildman–Crippen MR) is 105 cm³/mol. The zero-order valence-corrected chi connectivity index (χ0v) is 16.7. The number of rotatable bonds is 5. The van der Waals surface area contributed by atoms with Gasteiger partial charge in [-0.15, -0.1) is 11.3 Å². The molecule has 0 aliphatic carbocycles. The standard InChI is InChI=1S/C18H19N3O3S2/c1-5-12-7-8-13(25-12)9-14-10(3)20-21(16(14)22)18-19-11(4)15(26-18)17(23)24-6-2/h7-9H,5-6H2,1-4H3. The normalized spacial score (nSPS) is 15.7. The average Bonchev–Trinajstić information content (AvgIpc) is 3.29. The van der Waals surface area contributed by atoms with Crippen molar-refractivity contribution >= 4 is 51.5 Å². The van der Waals surface area contributed by atoms with E-state index in [1.165, 1.54) is 9.89 Å². The first-order chi connectivity index (χ1) is 12.4. The highest BCUT2D eigenvalue weighted by molar-refractivity contribution is 7.17. The molecule has 2 aromatic heterocycles. The lowest BCUT2D eigenvalue weighted by Crippen LogP contribution is -2.21. The van der Waals surface area contributed by atoms with Crippen molar-refractivity contribution in [3.63, 3.8) is 0 Å². The number of carbonyl (C=O) groups excluding carboxylic acids is 2. The number of ether oxygens (including phenoxy) is 1. The molecule has 8 heteroatoms. The first-order valence-electron chi connectivity index (χ1n) is 8.29. The van der Waals surface area contributed by atoms with Gasteiger partial charge in [0.2, 0.25) is 5.13 Å². The Morgan fingerprint density at radius 3 is 2.69 bits per heavy atom. The fourth-order valence-electron chi connectivity index (χ4n) is 2.48. The summed E-state index contributed by atoms with van der Waals surface area (Å²) in [7, 11) is 0. The van der Waals surface area contributed by atoms with Gasteiger partial charge in [-0.05, 0) is 45.4 Å². The highest BCUT2D eigenvalue weighted by Gasteiger charge is 2.32. The van der Waals surface area contributed by atoms with E-state index in [9.17, 15) is 9.59 Å². The van der Waals surface area contributed by atoms with E-state index in [0.717, 1.165) is 22.6 Å². The highest BCUT2D eigenvalue weighted by atomic mass is 32.1. The monoisotopic (exact) mass is 389 g/mol. The first kappa shape index (κ1) is 18.5. The molecule has 6 nitrogen and oxygen atoms in total. The molecular weight excluding hydrogens is 370 g/mol. The van der Waals surface area contributed by atoms with E-state index in [2.05, 4.69) is 23.1 Å². The number of anilines is 1. The lowest BCUT2D eigenvalue weighted by Gasteiger charge is -2.06. The molecule has 1 aliphatic rings. The molecule has 0 atom stereocenters. The SMILES string of the molecule is CCOC(=O)c1sc(N2N=C(C)C(=Cc3ccc(CC)s3)C2=O)nc1C. The van der Waals surface area contributed by atoms with E-state index >= 15 is 0 Å². The minimum atomic E-state index is -0.428. The first-order valence-corrected chi connectivity index (χ1v) is 9.92. The number of esters is 1. The van der Waals surface area contributed by atoms with Gasteiger partial charge >= 0.3 is 5.97 Å². The maximum absolute atomic E-state index is 12.8. The van der Waals surface area contributed by atoms with Gasteiger partial charge in [0.1, 0.15) is 4.88 Å². The Labute approximate surface area is 159 Å². The van der Waals surface area contributed by atoms with Crippen LogP contribution in [0.3, 0.4) is 0 Å². The molecule has 0 unspecified atom stereocenters. The maximum Gasteiger partial charge on any atom is 0.350 e. The van der Waals surface area contributed by atoms with Gasteiger partial charge in [-0.25, -0.2) is 9.78 Å². The smallest absolute Gasteiger partial charge is 0.350 e. The third kappa shape index (κ3) is 3.47. The fraction of sp³-hybridized carbons (Fsp3) is 0.333. The Morgan fingerprint density at radius 1 is 1.27 bits per heavy atom. The second-order valence-electron chi connectivity index (χ2n) is 5.65. The number of hydrogen-bond donors (Lipinski definition) is 0. The van der Waals surface area contributed by atoms with Gasteiger partial charge in [0, 0.05) is 9.75 Å². The quantitative estimate of drug-likeness (QED) is 0.571. The molecule has 0 N–H and O–H groups in total. The summed E-state index contributed by atoms with van der Waals surface area (Å²) in [5, 5.41) is 5.97. The van der Waals surface area contributed by atoms with E-state index in [4.69, 9.17) is 4.74 Å². The zero-order valence-electron chi connectivity index (χ0n) is 15.0. The summed E-state index contributed by atoms with van der Waals surface area (Å²) in [6, 6.07) is 4.07. The molecule has 3 rings (SSSR count). The van der Waals surface area contributed by atoms with Gasteiger partial charge in [-0.2, -0.15) is 10.1 Å². The molecule has 136 valence electrons. The number of aryl methyl sites for hydroxylation is 2. The van der Waals surface area contributed by atoms with Crippen LogP contribution in [-0.4, -0.2) is 29.2 Å². The summed E-state index contributed by atoms with van der Waals surface area (Å²) in [6.45, 7) is 7.66. The number of hydrogen-bond acceptors (Lipinski definition) is 7. The Morgan fingerprint density at radius 2 is 2.04 bits per heavy atom. The summed E-state index contributed by atoms with van der Waals surface area (Å²) < 4.78 is 5.03. The molecule has 26 heavy (non-hydrogen) atoms. The van der Waals surface area contributed by atoms with Gasteiger partial charge in [-0.1, -0.05) is 18.3 Å². The van der Waals surface area contributed by atoms with Crippen LogP contribution < -0.4 is 5.01 Å². The number of nitrogens with zero attached hydrogens (tertiary/aromatic N) is 3. The molecule has 1 amide bonds.